The summed E-state index contributed by atoms with van der Waals surface area (Å²) in [6.07, 6.45) is 7.85. The molecule has 0 spiro atoms. The third-order valence-corrected chi connectivity index (χ3v) is 5.43. The summed E-state index contributed by atoms with van der Waals surface area (Å²) in [5.74, 6) is -0.137. The fourth-order valence-corrected chi connectivity index (χ4v) is 3.78. The minimum atomic E-state index is -0.596. The molecule has 0 saturated heterocycles. The predicted octanol–water partition coefficient (Wildman–Crippen LogP) is 3.98. The van der Waals surface area contributed by atoms with Crippen LogP contribution in [0.2, 0.25) is 0 Å². The van der Waals surface area contributed by atoms with E-state index in [1.807, 2.05) is 24.3 Å². The molecule has 7 heteroatoms. The van der Waals surface area contributed by atoms with Crippen LogP contribution in [0.3, 0.4) is 0 Å². The first-order valence-electron chi connectivity index (χ1n) is 9.37. The van der Waals surface area contributed by atoms with Crippen molar-refractivity contribution < 1.29 is 19.1 Å². The Morgan fingerprint density at radius 1 is 1.21 bits per heavy atom. The van der Waals surface area contributed by atoms with Gasteiger partial charge in [-0.2, -0.15) is 0 Å². The lowest BCUT2D eigenvalue weighted by Gasteiger charge is -2.12. The van der Waals surface area contributed by atoms with Crippen LogP contribution in [-0.4, -0.2) is 37.1 Å². The van der Waals surface area contributed by atoms with Gasteiger partial charge in [0.1, 0.15) is 10.8 Å². The van der Waals surface area contributed by atoms with Crippen LogP contribution < -0.4 is 10.1 Å². The molecule has 1 heterocycles. The largest absolute Gasteiger partial charge is 0.497 e. The topological polar surface area (TPSA) is 77.5 Å². The molecule has 1 amide bonds. The van der Waals surface area contributed by atoms with Crippen molar-refractivity contribution in [1.29, 1.82) is 0 Å². The second-order valence-electron chi connectivity index (χ2n) is 6.55. The van der Waals surface area contributed by atoms with E-state index in [2.05, 4.69) is 16.4 Å². The van der Waals surface area contributed by atoms with Crippen molar-refractivity contribution in [3.05, 3.63) is 47.0 Å². The molecule has 6 nitrogen and oxygen atoms in total. The highest BCUT2D eigenvalue weighted by Crippen LogP contribution is 2.26. The number of amides is 1. The average molecular weight is 401 g/mol. The van der Waals surface area contributed by atoms with E-state index in [0.29, 0.717) is 11.6 Å². The quantitative estimate of drug-likeness (QED) is 0.536. The second-order valence-corrected chi connectivity index (χ2v) is 7.41. The van der Waals surface area contributed by atoms with Crippen molar-refractivity contribution in [2.24, 2.45) is 0 Å². The Morgan fingerprint density at radius 3 is 2.75 bits per heavy atom. The van der Waals surface area contributed by atoms with Gasteiger partial charge >= 0.3 is 5.97 Å². The molecule has 1 aliphatic carbocycles. The number of rotatable bonds is 8. The summed E-state index contributed by atoms with van der Waals surface area (Å²) in [6, 6.07) is 7.43. The molecule has 148 valence electrons. The lowest BCUT2D eigenvalue weighted by atomic mass is 9.97. The zero-order valence-electron chi connectivity index (χ0n) is 15.9. The standard InChI is InChI=1S/C21H24N2O4S/c1-26-17-9-7-16(8-10-17)20-23-18(14-28-20)21(25)27-13-19(24)22-12-11-15-5-3-2-4-6-15/h5,7-10,14H,2-4,6,11-13H2,1H3,(H,22,24). The minimum absolute atomic E-state index is 0.205. The number of benzene rings is 1. The van der Waals surface area contributed by atoms with Crippen molar-refractivity contribution in [1.82, 2.24) is 10.3 Å². The summed E-state index contributed by atoms with van der Waals surface area (Å²) in [5, 5.41) is 5.13. The molecule has 28 heavy (non-hydrogen) atoms. The third-order valence-electron chi connectivity index (χ3n) is 4.54. The number of nitrogens with one attached hydrogen (secondary N) is 1. The predicted molar refractivity (Wildman–Crippen MR) is 109 cm³/mol. The second kappa shape index (κ2) is 10.0. The SMILES string of the molecule is COc1ccc(-c2nc(C(=O)OCC(=O)NCCC3=CCCCC3)cs2)cc1. The number of aromatic nitrogens is 1. The van der Waals surface area contributed by atoms with Gasteiger partial charge in [0.2, 0.25) is 0 Å². The lowest BCUT2D eigenvalue weighted by Crippen LogP contribution is -2.30. The number of ether oxygens (including phenoxy) is 2. The van der Waals surface area contributed by atoms with Crippen LogP contribution in [0.15, 0.2) is 41.3 Å². The summed E-state index contributed by atoms with van der Waals surface area (Å²) >= 11 is 1.35. The van der Waals surface area contributed by atoms with Gasteiger partial charge in [-0.05, 0) is 56.4 Å². The number of hydrogen-bond acceptors (Lipinski definition) is 6. The first-order chi connectivity index (χ1) is 13.7. The zero-order valence-corrected chi connectivity index (χ0v) is 16.7. The molecule has 1 N–H and O–H groups in total. The van der Waals surface area contributed by atoms with Gasteiger partial charge in [-0.1, -0.05) is 11.6 Å². The molecule has 0 radical (unpaired) electrons. The van der Waals surface area contributed by atoms with Crippen LogP contribution in [0.25, 0.3) is 10.6 Å². The van der Waals surface area contributed by atoms with Crippen molar-refractivity contribution in [2.45, 2.75) is 32.1 Å². The molecular formula is C21H24N2O4S. The number of hydrogen-bond donors (Lipinski definition) is 1. The fraction of sp³-hybridized carbons (Fsp3) is 0.381. The molecule has 3 rings (SSSR count). The third kappa shape index (κ3) is 5.66. The van der Waals surface area contributed by atoms with Gasteiger partial charge < -0.3 is 14.8 Å². The molecule has 1 aliphatic rings. The molecule has 1 aromatic heterocycles. The maximum Gasteiger partial charge on any atom is 0.358 e. The van der Waals surface area contributed by atoms with Gasteiger partial charge in [0.15, 0.2) is 12.3 Å². The Bertz CT molecular complexity index is 842. The molecule has 0 bridgehead atoms. The highest BCUT2D eigenvalue weighted by atomic mass is 32.1. The summed E-state index contributed by atoms with van der Waals surface area (Å²) < 4.78 is 10.2. The Hall–Kier alpha value is -2.67. The van der Waals surface area contributed by atoms with Crippen LogP contribution in [0.1, 0.15) is 42.6 Å². The summed E-state index contributed by atoms with van der Waals surface area (Å²) in [5.41, 5.74) is 2.49. The highest BCUT2D eigenvalue weighted by Gasteiger charge is 2.15. The van der Waals surface area contributed by atoms with Crippen LogP contribution in [0.5, 0.6) is 5.75 Å². The molecule has 0 unspecified atom stereocenters. The lowest BCUT2D eigenvalue weighted by molar-refractivity contribution is -0.124. The van der Waals surface area contributed by atoms with E-state index in [-0.39, 0.29) is 18.2 Å². The van der Waals surface area contributed by atoms with Gasteiger partial charge in [0.05, 0.1) is 7.11 Å². The molecule has 1 aromatic carbocycles. The van der Waals surface area contributed by atoms with E-state index in [0.717, 1.165) is 30.6 Å². The molecular weight excluding hydrogens is 376 g/mol. The number of carbonyl (C=O) groups is 2. The van der Waals surface area contributed by atoms with Crippen molar-refractivity contribution >= 4 is 23.2 Å². The first-order valence-corrected chi connectivity index (χ1v) is 10.3. The molecule has 0 aliphatic heterocycles. The van der Waals surface area contributed by atoms with Crippen molar-refractivity contribution in [3.8, 4) is 16.3 Å². The molecule has 0 fully saturated rings. The summed E-state index contributed by atoms with van der Waals surface area (Å²) in [4.78, 5) is 28.3. The normalized spacial score (nSPS) is 13.5. The van der Waals surface area contributed by atoms with Crippen LogP contribution >= 0.6 is 11.3 Å². The van der Waals surface area contributed by atoms with Crippen LogP contribution in [0.4, 0.5) is 0 Å². The van der Waals surface area contributed by atoms with E-state index in [9.17, 15) is 9.59 Å². The Balaban J connectivity index is 1.43. The van der Waals surface area contributed by atoms with E-state index < -0.39 is 5.97 Å². The van der Waals surface area contributed by atoms with Gasteiger partial charge in [-0.15, -0.1) is 11.3 Å². The van der Waals surface area contributed by atoms with Gasteiger partial charge in [0, 0.05) is 17.5 Å². The van der Waals surface area contributed by atoms with E-state index in [1.165, 1.54) is 29.8 Å². The van der Waals surface area contributed by atoms with Crippen LogP contribution in [0, 0.1) is 0 Å². The Morgan fingerprint density at radius 2 is 2.04 bits per heavy atom. The van der Waals surface area contributed by atoms with E-state index in [4.69, 9.17) is 9.47 Å². The number of thiazole rings is 1. The maximum atomic E-state index is 12.1. The molecule has 2 aromatic rings. The number of methoxy groups -OCH3 is 1. The maximum absolute atomic E-state index is 12.1. The number of nitrogens with zero attached hydrogens (tertiary/aromatic N) is 1. The smallest absolute Gasteiger partial charge is 0.358 e. The fourth-order valence-electron chi connectivity index (χ4n) is 2.98. The van der Waals surface area contributed by atoms with E-state index in [1.54, 1.807) is 12.5 Å². The van der Waals surface area contributed by atoms with Crippen molar-refractivity contribution in [3.63, 3.8) is 0 Å². The molecule has 0 saturated carbocycles. The molecule has 0 atom stereocenters. The summed E-state index contributed by atoms with van der Waals surface area (Å²) in [7, 11) is 1.61. The van der Waals surface area contributed by atoms with Gasteiger partial charge in [-0.3, -0.25) is 4.79 Å². The van der Waals surface area contributed by atoms with Crippen molar-refractivity contribution in [2.75, 3.05) is 20.3 Å². The first kappa shape index (κ1) is 20.1. The highest BCUT2D eigenvalue weighted by molar-refractivity contribution is 7.13. The van der Waals surface area contributed by atoms with E-state index >= 15 is 0 Å². The number of carbonyl (C=O) groups excluding carboxylic acids is 2. The zero-order chi connectivity index (χ0) is 19.8. The minimum Gasteiger partial charge on any atom is -0.497 e. The number of esters is 1. The van der Waals surface area contributed by atoms with Gasteiger partial charge in [0.25, 0.3) is 5.91 Å². The number of allylic oxidation sites excluding steroid dienone is 1. The average Bonchev–Trinajstić information content (AvgIpc) is 3.23. The monoisotopic (exact) mass is 400 g/mol. The Kier molecular flexibility index (Phi) is 7.19. The van der Waals surface area contributed by atoms with Gasteiger partial charge in [-0.25, -0.2) is 9.78 Å². The van der Waals surface area contributed by atoms with Crippen LogP contribution in [-0.2, 0) is 9.53 Å². The summed E-state index contributed by atoms with van der Waals surface area (Å²) in [6.45, 7) is 0.272. The Labute approximate surface area is 168 Å².